The fourth-order valence-electron chi connectivity index (χ4n) is 1.58. The fourth-order valence-corrected chi connectivity index (χ4v) is 1.58. The van der Waals surface area contributed by atoms with E-state index >= 15 is 0 Å². The Labute approximate surface area is 107 Å². The second kappa shape index (κ2) is 6.79. The molecule has 1 N–H and O–H groups in total. The van der Waals surface area contributed by atoms with Crippen LogP contribution in [0.2, 0.25) is 0 Å². The van der Waals surface area contributed by atoms with Crippen molar-refractivity contribution in [2.45, 2.75) is 26.7 Å². The molecule has 0 aromatic heterocycles. The summed E-state index contributed by atoms with van der Waals surface area (Å²) < 4.78 is 5.10. The normalized spacial score (nSPS) is 9.94. The highest BCUT2D eigenvalue weighted by molar-refractivity contribution is 6.43. The Morgan fingerprint density at radius 2 is 2.06 bits per heavy atom. The number of aryl methyl sites for hydroxylation is 1. The van der Waals surface area contributed by atoms with Gasteiger partial charge < -0.3 is 10.1 Å². The molecular formula is C14H19NO3. The van der Waals surface area contributed by atoms with Crippen LogP contribution < -0.4 is 10.1 Å². The van der Waals surface area contributed by atoms with E-state index in [9.17, 15) is 9.59 Å². The Morgan fingerprint density at radius 3 is 2.67 bits per heavy atom. The van der Waals surface area contributed by atoms with Crippen LogP contribution in [0.4, 0.5) is 0 Å². The highest BCUT2D eigenvalue weighted by Gasteiger charge is 2.19. The molecule has 0 radical (unpaired) electrons. The average molecular weight is 249 g/mol. The number of unbranched alkanes of at least 4 members (excludes halogenated alkanes) is 1. The monoisotopic (exact) mass is 249 g/mol. The van der Waals surface area contributed by atoms with Gasteiger partial charge in [0.2, 0.25) is 0 Å². The summed E-state index contributed by atoms with van der Waals surface area (Å²) in [5.74, 6) is -0.699. The van der Waals surface area contributed by atoms with Crippen molar-refractivity contribution in [1.29, 1.82) is 0 Å². The van der Waals surface area contributed by atoms with Crippen LogP contribution in [-0.2, 0) is 4.79 Å². The van der Waals surface area contributed by atoms with Crippen molar-refractivity contribution in [3.8, 4) is 5.75 Å². The summed E-state index contributed by atoms with van der Waals surface area (Å²) in [6.07, 6.45) is 1.84. The molecule has 1 amide bonds. The van der Waals surface area contributed by atoms with Gasteiger partial charge in [0.25, 0.3) is 11.7 Å². The Bertz CT molecular complexity index is 441. The van der Waals surface area contributed by atoms with Gasteiger partial charge in [0.1, 0.15) is 5.75 Å². The second-order valence-corrected chi connectivity index (χ2v) is 4.14. The number of rotatable bonds is 6. The number of ketones is 1. The molecule has 0 atom stereocenters. The summed E-state index contributed by atoms with van der Waals surface area (Å²) in [6.45, 7) is 4.41. The van der Waals surface area contributed by atoms with Gasteiger partial charge in [-0.3, -0.25) is 9.59 Å². The van der Waals surface area contributed by atoms with Gasteiger partial charge in [0, 0.05) is 6.54 Å². The Hall–Kier alpha value is -1.84. The molecule has 0 aliphatic heterocycles. The van der Waals surface area contributed by atoms with E-state index in [4.69, 9.17) is 4.74 Å². The van der Waals surface area contributed by atoms with Crippen LogP contribution in [0, 0.1) is 6.92 Å². The van der Waals surface area contributed by atoms with Crippen molar-refractivity contribution in [2.24, 2.45) is 0 Å². The number of amides is 1. The predicted molar refractivity (Wildman–Crippen MR) is 70.0 cm³/mol. The van der Waals surface area contributed by atoms with Crippen molar-refractivity contribution < 1.29 is 14.3 Å². The summed E-state index contributed by atoms with van der Waals surface area (Å²) in [4.78, 5) is 23.7. The molecular weight excluding hydrogens is 230 g/mol. The first-order valence-corrected chi connectivity index (χ1v) is 6.07. The largest absolute Gasteiger partial charge is 0.496 e. The van der Waals surface area contributed by atoms with Crippen LogP contribution in [0.5, 0.6) is 5.75 Å². The number of hydrogen-bond donors (Lipinski definition) is 1. The van der Waals surface area contributed by atoms with E-state index in [1.54, 1.807) is 12.1 Å². The molecule has 0 fully saturated rings. The summed E-state index contributed by atoms with van der Waals surface area (Å²) in [7, 11) is 1.48. The van der Waals surface area contributed by atoms with Gasteiger partial charge in [-0.15, -0.1) is 0 Å². The van der Waals surface area contributed by atoms with Crippen molar-refractivity contribution in [2.75, 3.05) is 13.7 Å². The van der Waals surface area contributed by atoms with Crippen molar-refractivity contribution in [1.82, 2.24) is 5.32 Å². The minimum absolute atomic E-state index is 0.312. The van der Waals surface area contributed by atoms with E-state index in [0.29, 0.717) is 17.9 Å². The minimum Gasteiger partial charge on any atom is -0.496 e. The number of carbonyl (C=O) groups is 2. The van der Waals surface area contributed by atoms with Crippen molar-refractivity contribution in [3.05, 3.63) is 29.3 Å². The second-order valence-electron chi connectivity index (χ2n) is 4.14. The first-order chi connectivity index (χ1) is 8.60. The molecule has 0 aliphatic carbocycles. The first-order valence-electron chi connectivity index (χ1n) is 6.07. The molecule has 0 spiro atoms. The number of ether oxygens (including phenoxy) is 1. The van der Waals surface area contributed by atoms with Gasteiger partial charge in [-0.05, 0) is 25.5 Å². The number of hydrogen-bond acceptors (Lipinski definition) is 3. The van der Waals surface area contributed by atoms with Gasteiger partial charge in [0.05, 0.1) is 12.7 Å². The zero-order valence-electron chi connectivity index (χ0n) is 11.1. The molecule has 18 heavy (non-hydrogen) atoms. The lowest BCUT2D eigenvalue weighted by atomic mass is 10.1. The summed E-state index contributed by atoms with van der Waals surface area (Å²) in [5, 5.41) is 2.61. The molecule has 1 rings (SSSR count). The smallest absolute Gasteiger partial charge is 0.292 e. The van der Waals surface area contributed by atoms with Crippen LogP contribution in [-0.4, -0.2) is 25.3 Å². The maximum atomic E-state index is 12.0. The van der Waals surface area contributed by atoms with Crippen LogP contribution in [0.25, 0.3) is 0 Å². The Morgan fingerprint density at radius 1 is 1.33 bits per heavy atom. The third kappa shape index (κ3) is 3.58. The van der Waals surface area contributed by atoms with E-state index in [1.807, 2.05) is 19.9 Å². The third-order valence-electron chi connectivity index (χ3n) is 2.62. The number of Topliss-reactive ketones (excluding diaryl/α,β-unsaturated/α-hetero) is 1. The lowest BCUT2D eigenvalue weighted by Crippen LogP contribution is -2.32. The standard InChI is InChI=1S/C14H19NO3/c1-4-5-8-15-14(17)13(16)11-9-10(2)6-7-12(11)18-3/h6-7,9H,4-5,8H2,1-3H3,(H,15,17). The lowest BCUT2D eigenvalue weighted by Gasteiger charge is -2.08. The van der Waals surface area contributed by atoms with E-state index in [2.05, 4.69) is 5.32 Å². The molecule has 4 nitrogen and oxygen atoms in total. The maximum absolute atomic E-state index is 12.0. The molecule has 0 saturated heterocycles. The van der Waals surface area contributed by atoms with Gasteiger partial charge in [-0.25, -0.2) is 0 Å². The Kier molecular flexibility index (Phi) is 5.36. The van der Waals surface area contributed by atoms with Crippen LogP contribution in [0.1, 0.15) is 35.7 Å². The zero-order valence-corrected chi connectivity index (χ0v) is 11.1. The number of methoxy groups -OCH3 is 1. The summed E-state index contributed by atoms with van der Waals surface area (Å²) in [6, 6.07) is 5.20. The van der Waals surface area contributed by atoms with Crippen LogP contribution in [0.3, 0.4) is 0 Å². The average Bonchev–Trinajstić information content (AvgIpc) is 2.38. The van der Waals surface area contributed by atoms with Crippen LogP contribution >= 0.6 is 0 Å². The molecule has 98 valence electrons. The molecule has 0 unspecified atom stereocenters. The van der Waals surface area contributed by atoms with Gasteiger partial charge >= 0.3 is 0 Å². The van der Waals surface area contributed by atoms with E-state index in [0.717, 1.165) is 18.4 Å². The molecule has 0 bridgehead atoms. The zero-order chi connectivity index (χ0) is 13.5. The number of carbonyl (C=O) groups excluding carboxylic acids is 2. The first kappa shape index (κ1) is 14.2. The Balaban J connectivity index is 2.82. The highest BCUT2D eigenvalue weighted by Crippen LogP contribution is 2.20. The van der Waals surface area contributed by atoms with E-state index in [1.165, 1.54) is 7.11 Å². The van der Waals surface area contributed by atoms with E-state index in [-0.39, 0.29) is 0 Å². The predicted octanol–water partition coefficient (Wildman–Crippen LogP) is 2.10. The number of benzene rings is 1. The van der Waals surface area contributed by atoms with E-state index < -0.39 is 11.7 Å². The topological polar surface area (TPSA) is 55.4 Å². The highest BCUT2D eigenvalue weighted by atomic mass is 16.5. The molecule has 0 aliphatic rings. The molecule has 0 heterocycles. The van der Waals surface area contributed by atoms with Gasteiger partial charge in [0.15, 0.2) is 0 Å². The molecule has 1 aromatic carbocycles. The molecule has 1 aromatic rings. The summed E-state index contributed by atoms with van der Waals surface area (Å²) in [5.41, 5.74) is 1.23. The van der Waals surface area contributed by atoms with Crippen molar-refractivity contribution in [3.63, 3.8) is 0 Å². The molecule has 0 saturated carbocycles. The fraction of sp³-hybridized carbons (Fsp3) is 0.429. The van der Waals surface area contributed by atoms with Crippen LogP contribution in [0.15, 0.2) is 18.2 Å². The minimum atomic E-state index is -0.577. The van der Waals surface area contributed by atoms with Gasteiger partial charge in [-0.1, -0.05) is 25.0 Å². The van der Waals surface area contributed by atoms with Crippen molar-refractivity contribution >= 4 is 11.7 Å². The lowest BCUT2D eigenvalue weighted by molar-refractivity contribution is -0.117. The van der Waals surface area contributed by atoms with Gasteiger partial charge in [-0.2, -0.15) is 0 Å². The SMILES string of the molecule is CCCCNC(=O)C(=O)c1cc(C)ccc1OC. The quantitative estimate of drug-likeness (QED) is 0.477. The number of nitrogens with one attached hydrogen (secondary N) is 1. The third-order valence-corrected chi connectivity index (χ3v) is 2.62. The maximum Gasteiger partial charge on any atom is 0.292 e. The molecule has 4 heteroatoms. The summed E-state index contributed by atoms with van der Waals surface area (Å²) >= 11 is 0.